The Kier molecular flexibility index (Phi) is 4.67. The fraction of sp³-hybridized carbons (Fsp3) is 0. The van der Waals surface area contributed by atoms with Crippen LogP contribution < -0.4 is 10.5 Å². The van der Waals surface area contributed by atoms with E-state index in [-0.39, 0.29) is 32.4 Å². The normalized spacial score (nSPS) is 11.0. The van der Waals surface area contributed by atoms with Gasteiger partial charge in [0.2, 0.25) is 0 Å². The molecule has 10 heteroatoms. The van der Waals surface area contributed by atoms with Gasteiger partial charge in [-0.15, -0.1) is 0 Å². The molecule has 0 aliphatic carbocycles. The van der Waals surface area contributed by atoms with Crippen LogP contribution in [-0.2, 0) is 10.0 Å². The molecule has 0 atom stereocenters. The molecule has 0 aliphatic heterocycles. The fourth-order valence-electron chi connectivity index (χ4n) is 1.84. The minimum Gasteiger partial charge on any atom is -0.478 e. The summed E-state index contributed by atoms with van der Waals surface area (Å²) in [5, 5.41) is 18.2. The molecule has 2 aromatic rings. The number of carboxylic acids is 2. The lowest BCUT2D eigenvalue weighted by Crippen LogP contribution is -2.14. The summed E-state index contributed by atoms with van der Waals surface area (Å²) in [5.74, 6) is -2.79. The smallest absolute Gasteiger partial charge is 0.335 e. The maximum absolute atomic E-state index is 12.3. The summed E-state index contributed by atoms with van der Waals surface area (Å²) in [6, 6.07) is 6.56. The van der Waals surface area contributed by atoms with Gasteiger partial charge >= 0.3 is 11.9 Å². The topological polar surface area (TPSA) is 147 Å². The quantitative estimate of drug-likeness (QED) is 0.589. The molecule has 24 heavy (non-hydrogen) atoms. The Morgan fingerprint density at radius 3 is 2.00 bits per heavy atom. The highest BCUT2D eigenvalue weighted by Crippen LogP contribution is 2.25. The molecule has 0 amide bonds. The van der Waals surface area contributed by atoms with E-state index in [4.69, 9.17) is 27.5 Å². The summed E-state index contributed by atoms with van der Waals surface area (Å²) in [6.07, 6.45) is 0. The molecular formula is C14H11ClN2O6S. The van der Waals surface area contributed by atoms with E-state index in [1.807, 2.05) is 0 Å². The van der Waals surface area contributed by atoms with Gasteiger partial charge in [-0.1, -0.05) is 11.6 Å². The highest BCUT2D eigenvalue weighted by Gasteiger charge is 2.18. The third-order valence-electron chi connectivity index (χ3n) is 2.96. The lowest BCUT2D eigenvalue weighted by Gasteiger charge is -2.11. The number of rotatable bonds is 5. The van der Waals surface area contributed by atoms with Crippen molar-refractivity contribution in [3.8, 4) is 0 Å². The first-order valence-electron chi connectivity index (χ1n) is 6.29. The molecule has 0 fully saturated rings. The Labute approximate surface area is 141 Å². The Balaban J connectivity index is 2.47. The predicted molar refractivity (Wildman–Crippen MR) is 87.0 cm³/mol. The third kappa shape index (κ3) is 3.76. The number of hydrogen-bond donors (Lipinski definition) is 4. The lowest BCUT2D eigenvalue weighted by molar-refractivity contribution is 0.0696. The number of nitrogens with one attached hydrogen (secondary N) is 1. The van der Waals surface area contributed by atoms with Gasteiger partial charge in [0.15, 0.2) is 0 Å². The molecule has 126 valence electrons. The zero-order chi connectivity index (χ0) is 18.1. The van der Waals surface area contributed by atoms with Crippen LogP contribution in [0.15, 0.2) is 41.3 Å². The van der Waals surface area contributed by atoms with Crippen molar-refractivity contribution in [2.75, 3.05) is 10.5 Å². The van der Waals surface area contributed by atoms with Crippen molar-refractivity contribution in [3.63, 3.8) is 0 Å². The summed E-state index contributed by atoms with van der Waals surface area (Å²) in [6.45, 7) is 0. The van der Waals surface area contributed by atoms with Gasteiger partial charge in [-0.05, 0) is 36.4 Å². The van der Waals surface area contributed by atoms with Crippen LogP contribution in [0.25, 0.3) is 0 Å². The third-order valence-corrected chi connectivity index (χ3v) is 4.68. The van der Waals surface area contributed by atoms with E-state index in [9.17, 15) is 18.0 Å². The average Bonchev–Trinajstić information content (AvgIpc) is 2.49. The second kappa shape index (κ2) is 6.38. The molecule has 8 nitrogen and oxygen atoms in total. The van der Waals surface area contributed by atoms with Gasteiger partial charge in [0.25, 0.3) is 10.0 Å². The van der Waals surface area contributed by atoms with Crippen LogP contribution in [0.1, 0.15) is 20.7 Å². The van der Waals surface area contributed by atoms with Crippen LogP contribution in [0.2, 0.25) is 5.02 Å². The maximum Gasteiger partial charge on any atom is 0.335 e. The molecule has 0 heterocycles. The van der Waals surface area contributed by atoms with E-state index >= 15 is 0 Å². The van der Waals surface area contributed by atoms with E-state index in [1.165, 1.54) is 12.1 Å². The number of hydrogen-bond acceptors (Lipinski definition) is 5. The molecule has 0 aromatic heterocycles. The number of benzene rings is 2. The van der Waals surface area contributed by atoms with Gasteiger partial charge in [0.05, 0.1) is 32.4 Å². The van der Waals surface area contributed by atoms with Crippen molar-refractivity contribution in [1.82, 2.24) is 0 Å². The molecule has 0 saturated carbocycles. The summed E-state index contributed by atoms with van der Waals surface area (Å²) in [5.41, 5.74) is 4.65. The maximum atomic E-state index is 12.3. The molecule has 0 unspecified atom stereocenters. The zero-order valence-corrected chi connectivity index (χ0v) is 13.4. The average molecular weight is 371 g/mol. The monoisotopic (exact) mass is 370 g/mol. The minimum absolute atomic E-state index is 0.0463. The highest BCUT2D eigenvalue weighted by molar-refractivity contribution is 7.92. The van der Waals surface area contributed by atoms with Gasteiger partial charge in [-0.2, -0.15) is 0 Å². The van der Waals surface area contributed by atoms with Crippen LogP contribution in [0.5, 0.6) is 0 Å². The Morgan fingerprint density at radius 1 is 1.00 bits per heavy atom. The van der Waals surface area contributed by atoms with Crippen molar-refractivity contribution < 1.29 is 28.2 Å². The van der Waals surface area contributed by atoms with E-state index in [2.05, 4.69) is 4.72 Å². The first-order chi connectivity index (χ1) is 11.1. The van der Waals surface area contributed by atoms with Gasteiger partial charge in [0, 0.05) is 0 Å². The number of anilines is 2. The van der Waals surface area contributed by atoms with E-state index in [0.29, 0.717) is 0 Å². The lowest BCUT2D eigenvalue weighted by atomic mass is 10.1. The Morgan fingerprint density at radius 2 is 1.54 bits per heavy atom. The van der Waals surface area contributed by atoms with Crippen molar-refractivity contribution in [3.05, 3.63) is 52.5 Å². The molecule has 5 N–H and O–H groups in total. The van der Waals surface area contributed by atoms with Crippen LogP contribution in [-0.4, -0.2) is 30.6 Å². The highest BCUT2D eigenvalue weighted by atomic mass is 35.5. The first-order valence-corrected chi connectivity index (χ1v) is 8.16. The number of carbonyl (C=O) groups is 2. The number of carboxylic acid groups (broad SMARTS) is 2. The SMILES string of the molecule is Nc1cc(S(=O)(=O)Nc2cc(C(=O)O)cc(C(=O)O)c2)ccc1Cl. The predicted octanol–water partition coefficient (Wildman–Crippen LogP) is 2.12. The van der Waals surface area contributed by atoms with Gasteiger partial charge in [0.1, 0.15) is 0 Å². The second-order valence-electron chi connectivity index (χ2n) is 4.70. The summed E-state index contributed by atoms with van der Waals surface area (Å²) in [7, 11) is -4.11. The molecule has 0 radical (unpaired) electrons. The van der Waals surface area contributed by atoms with E-state index in [0.717, 1.165) is 24.3 Å². The van der Waals surface area contributed by atoms with Crippen LogP contribution in [0.4, 0.5) is 11.4 Å². The van der Waals surface area contributed by atoms with Crippen molar-refractivity contribution in [2.45, 2.75) is 4.90 Å². The van der Waals surface area contributed by atoms with Crippen molar-refractivity contribution in [2.24, 2.45) is 0 Å². The van der Waals surface area contributed by atoms with Crippen LogP contribution in [0, 0.1) is 0 Å². The van der Waals surface area contributed by atoms with E-state index < -0.39 is 22.0 Å². The number of nitrogen functional groups attached to an aromatic ring is 1. The number of sulfonamides is 1. The number of aromatic carboxylic acids is 2. The number of nitrogens with two attached hydrogens (primary N) is 1. The van der Waals surface area contributed by atoms with Gasteiger partial charge < -0.3 is 15.9 Å². The second-order valence-corrected chi connectivity index (χ2v) is 6.79. The van der Waals surface area contributed by atoms with Crippen molar-refractivity contribution in [1.29, 1.82) is 0 Å². The van der Waals surface area contributed by atoms with Crippen LogP contribution >= 0.6 is 11.6 Å². The first kappa shape index (κ1) is 17.6. The largest absolute Gasteiger partial charge is 0.478 e. The fourth-order valence-corrected chi connectivity index (χ4v) is 3.03. The summed E-state index contributed by atoms with van der Waals surface area (Å²) >= 11 is 5.73. The standard InChI is InChI=1S/C14H11ClN2O6S/c15-11-2-1-10(6-12(11)16)24(22,23)17-9-4-7(13(18)19)3-8(5-9)14(20)21/h1-6,17H,16H2,(H,18,19)(H,20,21). The molecule has 0 bridgehead atoms. The Bertz CT molecular complexity index is 910. The Hall–Kier alpha value is -2.78. The van der Waals surface area contributed by atoms with E-state index in [1.54, 1.807) is 0 Å². The summed E-state index contributed by atoms with van der Waals surface area (Å²) < 4.78 is 26.8. The molecular weight excluding hydrogens is 360 g/mol. The molecule has 2 rings (SSSR count). The molecule has 0 spiro atoms. The van der Waals surface area contributed by atoms with Crippen LogP contribution in [0.3, 0.4) is 0 Å². The van der Waals surface area contributed by atoms with Gasteiger partial charge in [-0.3, -0.25) is 4.72 Å². The molecule has 0 saturated heterocycles. The molecule has 0 aliphatic rings. The number of halogens is 1. The minimum atomic E-state index is -4.11. The zero-order valence-electron chi connectivity index (χ0n) is 11.9. The summed E-state index contributed by atoms with van der Waals surface area (Å²) in [4.78, 5) is 21.9. The molecule has 2 aromatic carbocycles. The van der Waals surface area contributed by atoms with Crippen molar-refractivity contribution >= 4 is 44.9 Å². The van der Waals surface area contributed by atoms with Gasteiger partial charge in [-0.25, -0.2) is 18.0 Å².